The van der Waals surface area contributed by atoms with Gasteiger partial charge in [0, 0.05) is 0 Å². The van der Waals surface area contributed by atoms with E-state index in [4.69, 9.17) is 0 Å². The Morgan fingerprint density at radius 1 is 0.533 bits per heavy atom. The molecule has 0 saturated carbocycles. The standard InChI is InChI=1S/C40H79NO4/c1-3-5-7-9-11-13-15-16-17-18-19-20-21-22-23-25-27-29-31-33-35-39(44)40(45)41-37(36-42)38(43)34-32-30-28-26-24-14-12-10-8-6-4-2/h32,34,37-39,42-44H,3-31,33,35-36H2,1-2H3,(H,41,45)/b34-32+/t37-,38+,39-/m0/s1. The van der Waals surface area contributed by atoms with E-state index >= 15 is 0 Å². The van der Waals surface area contributed by atoms with Crippen LogP contribution in [0.5, 0.6) is 0 Å². The van der Waals surface area contributed by atoms with Gasteiger partial charge in [0.1, 0.15) is 6.10 Å². The van der Waals surface area contributed by atoms with Crippen LogP contribution in [0.4, 0.5) is 0 Å². The van der Waals surface area contributed by atoms with Crippen LogP contribution in [0, 0.1) is 0 Å². The summed E-state index contributed by atoms with van der Waals surface area (Å²) in [5.74, 6) is -0.502. The van der Waals surface area contributed by atoms with Gasteiger partial charge in [-0.15, -0.1) is 0 Å². The van der Waals surface area contributed by atoms with E-state index < -0.39 is 24.2 Å². The molecule has 0 saturated heterocycles. The molecule has 0 aliphatic rings. The molecular weight excluding hydrogens is 558 g/mol. The first kappa shape index (κ1) is 44.1. The van der Waals surface area contributed by atoms with E-state index in [0.717, 1.165) is 32.1 Å². The SMILES string of the molecule is CCCCCCCCCCC/C=C/[C@@H](O)[C@H](CO)NC(=O)[C@@H](O)CCCCCCCCCCCCCCCCCCCCCC. The van der Waals surface area contributed by atoms with Crippen LogP contribution in [-0.4, -0.2) is 46.1 Å². The highest BCUT2D eigenvalue weighted by atomic mass is 16.3. The molecule has 0 aromatic rings. The van der Waals surface area contributed by atoms with Crippen LogP contribution in [0.3, 0.4) is 0 Å². The van der Waals surface area contributed by atoms with Gasteiger partial charge >= 0.3 is 0 Å². The Kier molecular flexibility index (Phi) is 35.2. The summed E-state index contributed by atoms with van der Waals surface area (Å²) < 4.78 is 0. The fraction of sp³-hybridized carbons (Fsp3) is 0.925. The molecule has 0 aromatic heterocycles. The van der Waals surface area contributed by atoms with E-state index in [2.05, 4.69) is 19.2 Å². The molecule has 1 amide bonds. The number of aliphatic hydroxyl groups is 3. The summed E-state index contributed by atoms with van der Waals surface area (Å²) in [6.07, 6.45) is 40.9. The highest BCUT2D eigenvalue weighted by Gasteiger charge is 2.22. The summed E-state index contributed by atoms with van der Waals surface area (Å²) in [6.45, 7) is 4.17. The lowest BCUT2D eigenvalue weighted by Crippen LogP contribution is -2.48. The third kappa shape index (κ3) is 31.5. The quantitative estimate of drug-likeness (QED) is 0.0406. The minimum atomic E-state index is -1.09. The van der Waals surface area contributed by atoms with Gasteiger partial charge in [0.15, 0.2) is 0 Å². The third-order valence-corrected chi connectivity index (χ3v) is 9.38. The van der Waals surface area contributed by atoms with Gasteiger partial charge in [0.25, 0.3) is 0 Å². The van der Waals surface area contributed by atoms with Crippen molar-refractivity contribution in [3.05, 3.63) is 12.2 Å². The normalized spacial score (nSPS) is 13.8. The number of rotatable bonds is 36. The zero-order valence-corrected chi connectivity index (χ0v) is 30.3. The molecule has 0 rings (SSSR count). The van der Waals surface area contributed by atoms with Crippen LogP contribution >= 0.6 is 0 Å². The number of unbranched alkanes of at least 4 members (excludes halogenated alkanes) is 28. The number of allylic oxidation sites excluding steroid dienone is 1. The molecule has 0 fully saturated rings. The first-order chi connectivity index (χ1) is 22.1. The van der Waals surface area contributed by atoms with Crippen LogP contribution in [0.15, 0.2) is 12.2 Å². The van der Waals surface area contributed by atoms with Crippen LogP contribution in [0.2, 0.25) is 0 Å². The van der Waals surface area contributed by atoms with E-state index in [1.165, 1.54) is 161 Å². The van der Waals surface area contributed by atoms with Crippen LogP contribution in [0.1, 0.15) is 213 Å². The molecule has 0 radical (unpaired) electrons. The Balaban J connectivity index is 3.63. The second-order valence-electron chi connectivity index (χ2n) is 13.9. The van der Waals surface area contributed by atoms with Crippen molar-refractivity contribution >= 4 is 5.91 Å². The molecule has 3 atom stereocenters. The summed E-state index contributed by atoms with van der Waals surface area (Å²) in [6, 6.07) is -0.790. The zero-order valence-electron chi connectivity index (χ0n) is 30.3. The highest BCUT2D eigenvalue weighted by molar-refractivity contribution is 5.80. The van der Waals surface area contributed by atoms with Crippen molar-refractivity contribution in [3.63, 3.8) is 0 Å². The Morgan fingerprint density at radius 3 is 1.22 bits per heavy atom. The minimum Gasteiger partial charge on any atom is -0.394 e. The Labute approximate surface area is 280 Å². The molecule has 5 heteroatoms. The van der Waals surface area contributed by atoms with Gasteiger partial charge < -0.3 is 20.6 Å². The first-order valence-electron chi connectivity index (χ1n) is 20.0. The lowest BCUT2D eigenvalue weighted by Gasteiger charge is -2.21. The largest absolute Gasteiger partial charge is 0.394 e. The first-order valence-corrected chi connectivity index (χ1v) is 20.0. The maximum absolute atomic E-state index is 12.4. The number of aliphatic hydroxyl groups excluding tert-OH is 3. The lowest BCUT2D eigenvalue weighted by atomic mass is 10.0. The summed E-state index contributed by atoms with van der Waals surface area (Å²) in [7, 11) is 0. The predicted molar refractivity (Wildman–Crippen MR) is 195 cm³/mol. The van der Waals surface area contributed by atoms with Crippen molar-refractivity contribution in [2.24, 2.45) is 0 Å². The Hall–Kier alpha value is -0.910. The summed E-state index contributed by atoms with van der Waals surface area (Å²) in [4.78, 5) is 12.4. The predicted octanol–water partition coefficient (Wildman–Crippen LogP) is 10.9. The number of hydrogen-bond acceptors (Lipinski definition) is 4. The fourth-order valence-electron chi connectivity index (χ4n) is 6.18. The van der Waals surface area contributed by atoms with E-state index in [1.807, 2.05) is 6.08 Å². The Bertz CT molecular complexity index is 625. The average Bonchev–Trinajstić information content (AvgIpc) is 3.04. The Morgan fingerprint density at radius 2 is 0.867 bits per heavy atom. The van der Waals surface area contributed by atoms with Gasteiger partial charge in [-0.3, -0.25) is 4.79 Å². The third-order valence-electron chi connectivity index (χ3n) is 9.38. The second kappa shape index (κ2) is 35.9. The van der Waals surface area contributed by atoms with Gasteiger partial charge in [-0.2, -0.15) is 0 Å². The minimum absolute atomic E-state index is 0.360. The maximum Gasteiger partial charge on any atom is 0.249 e. The van der Waals surface area contributed by atoms with Gasteiger partial charge in [0.05, 0.1) is 18.8 Å². The molecule has 0 aliphatic heterocycles. The van der Waals surface area contributed by atoms with Crippen molar-refractivity contribution in [2.45, 2.75) is 231 Å². The average molecular weight is 638 g/mol. The smallest absolute Gasteiger partial charge is 0.249 e. The summed E-state index contributed by atoms with van der Waals surface area (Å²) in [5, 5.41) is 33.0. The molecule has 0 aromatic carbocycles. The zero-order chi connectivity index (χ0) is 33.1. The van der Waals surface area contributed by atoms with Crippen LogP contribution in [0.25, 0.3) is 0 Å². The van der Waals surface area contributed by atoms with E-state index in [9.17, 15) is 20.1 Å². The van der Waals surface area contributed by atoms with E-state index in [0.29, 0.717) is 6.42 Å². The van der Waals surface area contributed by atoms with Gasteiger partial charge in [-0.1, -0.05) is 206 Å². The molecule has 0 heterocycles. The van der Waals surface area contributed by atoms with Crippen molar-refractivity contribution < 1.29 is 20.1 Å². The van der Waals surface area contributed by atoms with E-state index in [1.54, 1.807) is 6.08 Å². The summed E-state index contributed by atoms with van der Waals surface area (Å²) >= 11 is 0. The van der Waals surface area contributed by atoms with Crippen molar-refractivity contribution in [2.75, 3.05) is 6.61 Å². The van der Waals surface area contributed by atoms with Gasteiger partial charge in [0.2, 0.25) is 5.91 Å². The number of hydrogen-bond donors (Lipinski definition) is 4. The maximum atomic E-state index is 12.4. The van der Waals surface area contributed by atoms with Crippen molar-refractivity contribution in [1.29, 1.82) is 0 Å². The molecule has 5 nitrogen and oxygen atoms in total. The van der Waals surface area contributed by atoms with Crippen molar-refractivity contribution in [1.82, 2.24) is 5.32 Å². The molecular formula is C40H79NO4. The molecule has 0 aliphatic carbocycles. The van der Waals surface area contributed by atoms with Gasteiger partial charge in [-0.05, 0) is 19.3 Å². The number of amides is 1. The van der Waals surface area contributed by atoms with Crippen molar-refractivity contribution in [3.8, 4) is 0 Å². The summed E-state index contributed by atoms with van der Waals surface area (Å²) in [5.41, 5.74) is 0. The molecule has 0 bridgehead atoms. The molecule has 4 N–H and O–H groups in total. The van der Waals surface area contributed by atoms with Crippen LogP contribution in [-0.2, 0) is 4.79 Å². The van der Waals surface area contributed by atoms with Gasteiger partial charge in [-0.25, -0.2) is 0 Å². The number of carbonyl (C=O) groups excluding carboxylic acids is 1. The van der Waals surface area contributed by atoms with E-state index in [-0.39, 0.29) is 6.61 Å². The molecule has 0 unspecified atom stereocenters. The monoisotopic (exact) mass is 638 g/mol. The number of nitrogens with one attached hydrogen (secondary N) is 1. The number of carbonyl (C=O) groups is 1. The lowest BCUT2D eigenvalue weighted by molar-refractivity contribution is -0.131. The second-order valence-corrected chi connectivity index (χ2v) is 13.9. The van der Waals surface area contributed by atoms with Crippen LogP contribution < -0.4 is 5.32 Å². The molecule has 0 spiro atoms. The molecule has 45 heavy (non-hydrogen) atoms. The molecule has 268 valence electrons. The fourth-order valence-corrected chi connectivity index (χ4v) is 6.18. The highest BCUT2D eigenvalue weighted by Crippen LogP contribution is 2.16. The topological polar surface area (TPSA) is 89.8 Å².